The minimum Gasteiger partial charge on any atom is -0.475 e. The van der Waals surface area contributed by atoms with Crippen LogP contribution in [-0.4, -0.2) is 28.3 Å². The van der Waals surface area contributed by atoms with E-state index < -0.39 is 12.1 Å². The summed E-state index contributed by atoms with van der Waals surface area (Å²) >= 11 is 6.02. The predicted molar refractivity (Wildman–Crippen MR) is 76.5 cm³/mol. The van der Waals surface area contributed by atoms with E-state index in [0.717, 1.165) is 23.0 Å². The summed E-state index contributed by atoms with van der Waals surface area (Å²) < 4.78 is 31.7. The molecule has 1 aliphatic carbocycles. The third-order valence-electron chi connectivity index (χ3n) is 3.01. The summed E-state index contributed by atoms with van der Waals surface area (Å²) in [5.41, 5.74) is 1.10. The molecule has 1 unspecified atom stereocenters. The lowest BCUT2D eigenvalue weighted by Gasteiger charge is -2.14. The summed E-state index contributed by atoms with van der Waals surface area (Å²) in [7, 11) is 0. The molecular formula is C14H16ClF3N2O2. The first-order valence-electron chi connectivity index (χ1n) is 6.50. The van der Waals surface area contributed by atoms with Crippen LogP contribution in [-0.2, 0) is 11.3 Å². The zero-order valence-corrected chi connectivity index (χ0v) is 12.4. The second-order valence-electron chi connectivity index (χ2n) is 4.75. The molecule has 0 bridgehead atoms. The summed E-state index contributed by atoms with van der Waals surface area (Å²) in [4.78, 5) is 12.9. The van der Waals surface area contributed by atoms with Crippen molar-refractivity contribution in [3.63, 3.8) is 0 Å². The van der Waals surface area contributed by atoms with Gasteiger partial charge in [-0.15, -0.1) is 6.58 Å². The van der Waals surface area contributed by atoms with Gasteiger partial charge >= 0.3 is 12.1 Å². The summed E-state index contributed by atoms with van der Waals surface area (Å²) in [6, 6.07) is 2.37. The summed E-state index contributed by atoms with van der Waals surface area (Å²) in [6.07, 6.45) is 2.98. The van der Waals surface area contributed by atoms with E-state index in [9.17, 15) is 13.2 Å². The van der Waals surface area contributed by atoms with Crippen LogP contribution in [0, 0.1) is 5.92 Å². The third kappa shape index (κ3) is 6.44. The average molecular weight is 337 g/mol. The molecule has 1 aromatic rings. The topological polar surface area (TPSA) is 62.2 Å². The van der Waals surface area contributed by atoms with E-state index in [1.807, 2.05) is 12.1 Å². The number of rotatable bonds is 5. The van der Waals surface area contributed by atoms with E-state index in [4.69, 9.17) is 21.5 Å². The molecule has 0 aromatic carbocycles. The van der Waals surface area contributed by atoms with E-state index in [-0.39, 0.29) is 0 Å². The highest BCUT2D eigenvalue weighted by Gasteiger charge is 2.38. The molecule has 2 N–H and O–H groups in total. The lowest BCUT2D eigenvalue weighted by Crippen LogP contribution is -2.28. The zero-order chi connectivity index (χ0) is 16.8. The van der Waals surface area contributed by atoms with Gasteiger partial charge in [0.05, 0.1) is 5.02 Å². The third-order valence-corrected chi connectivity index (χ3v) is 3.35. The van der Waals surface area contributed by atoms with Crippen molar-refractivity contribution in [2.45, 2.75) is 31.6 Å². The van der Waals surface area contributed by atoms with E-state index in [2.05, 4.69) is 16.9 Å². The van der Waals surface area contributed by atoms with Crippen molar-refractivity contribution in [1.82, 2.24) is 10.3 Å². The van der Waals surface area contributed by atoms with Crippen molar-refractivity contribution < 1.29 is 23.1 Å². The number of hydrogen-bond acceptors (Lipinski definition) is 3. The van der Waals surface area contributed by atoms with Crippen LogP contribution in [0.25, 0.3) is 0 Å². The Hall–Kier alpha value is -1.60. The highest BCUT2D eigenvalue weighted by molar-refractivity contribution is 6.31. The Labute approximate surface area is 131 Å². The van der Waals surface area contributed by atoms with Gasteiger partial charge in [-0.3, -0.25) is 4.98 Å². The highest BCUT2D eigenvalue weighted by atomic mass is 35.5. The molecular weight excluding hydrogens is 321 g/mol. The monoisotopic (exact) mass is 336 g/mol. The molecule has 0 saturated heterocycles. The van der Waals surface area contributed by atoms with E-state index >= 15 is 0 Å². The molecule has 1 heterocycles. The van der Waals surface area contributed by atoms with Gasteiger partial charge in [0.1, 0.15) is 0 Å². The van der Waals surface area contributed by atoms with Gasteiger partial charge in [-0.25, -0.2) is 4.79 Å². The van der Waals surface area contributed by atoms with Crippen LogP contribution in [0.4, 0.5) is 13.2 Å². The number of alkyl halides is 3. The number of halogens is 4. The average Bonchev–Trinajstić information content (AvgIpc) is 3.26. The second-order valence-corrected chi connectivity index (χ2v) is 5.16. The minimum atomic E-state index is -5.08. The normalized spacial score (nSPS) is 15.5. The number of carboxylic acid groups (broad SMARTS) is 1. The molecule has 4 nitrogen and oxygen atoms in total. The smallest absolute Gasteiger partial charge is 0.475 e. The van der Waals surface area contributed by atoms with Gasteiger partial charge in [-0.05, 0) is 30.4 Å². The predicted octanol–water partition coefficient (Wildman–Crippen LogP) is 3.42. The fraction of sp³-hybridized carbons (Fsp3) is 0.429. The molecule has 1 atom stereocenters. The molecule has 1 saturated carbocycles. The maximum atomic E-state index is 10.6. The van der Waals surface area contributed by atoms with Crippen LogP contribution in [0.1, 0.15) is 18.4 Å². The standard InChI is InChI=1S/C12H15ClN2.C2HF3O2/c1-2-12(9-3-4-9)15-7-10-5-6-14-8-11(10)13;3-2(4,5)1(6)7/h2,5-6,8-9,12,15H,1,3-4,7H2;(H,6,7). The minimum absolute atomic E-state index is 0.425. The quantitative estimate of drug-likeness (QED) is 0.809. The van der Waals surface area contributed by atoms with Crippen molar-refractivity contribution in [3.8, 4) is 0 Å². The Balaban J connectivity index is 0.000000295. The number of carbonyl (C=O) groups is 1. The summed E-state index contributed by atoms with van der Waals surface area (Å²) in [5, 5.41) is 11.3. The fourth-order valence-electron chi connectivity index (χ4n) is 1.67. The van der Waals surface area contributed by atoms with Crippen LogP contribution >= 0.6 is 11.6 Å². The van der Waals surface area contributed by atoms with Gasteiger partial charge in [0, 0.05) is 25.0 Å². The zero-order valence-electron chi connectivity index (χ0n) is 11.6. The summed E-state index contributed by atoms with van der Waals surface area (Å²) in [5.74, 6) is -1.98. The first-order chi connectivity index (χ1) is 10.3. The molecule has 122 valence electrons. The van der Waals surface area contributed by atoms with Gasteiger partial charge in [0.2, 0.25) is 0 Å². The number of pyridine rings is 1. The van der Waals surface area contributed by atoms with Crippen LogP contribution in [0.3, 0.4) is 0 Å². The number of hydrogen-bond donors (Lipinski definition) is 2. The molecule has 1 aromatic heterocycles. The van der Waals surface area contributed by atoms with E-state index in [1.54, 1.807) is 12.4 Å². The molecule has 1 aliphatic rings. The molecule has 0 amide bonds. The largest absolute Gasteiger partial charge is 0.490 e. The van der Waals surface area contributed by atoms with Crippen LogP contribution in [0.5, 0.6) is 0 Å². The number of aromatic nitrogens is 1. The first-order valence-corrected chi connectivity index (χ1v) is 6.88. The maximum absolute atomic E-state index is 10.6. The summed E-state index contributed by atoms with van der Waals surface area (Å²) in [6.45, 7) is 4.64. The van der Waals surface area contributed by atoms with Crippen molar-refractivity contribution >= 4 is 17.6 Å². The van der Waals surface area contributed by atoms with Crippen molar-refractivity contribution in [1.29, 1.82) is 0 Å². The van der Waals surface area contributed by atoms with Crippen LogP contribution < -0.4 is 5.32 Å². The SMILES string of the molecule is C=CC(NCc1ccncc1Cl)C1CC1.O=C(O)C(F)(F)F. The molecule has 0 spiro atoms. The Bertz CT molecular complexity index is 519. The fourth-order valence-corrected chi connectivity index (χ4v) is 1.86. The lowest BCUT2D eigenvalue weighted by atomic mass is 10.1. The molecule has 8 heteroatoms. The van der Waals surface area contributed by atoms with Gasteiger partial charge in [0.15, 0.2) is 0 Å². The molecule has 0 radical (unpaired) electrons. The number of carboxylic acids is 1. The second kappa shape index (κ2) is 8.14. The number of aliphatic carboxylic acids is 1. The highest BCUT2D eigenvalue weighted by Crippen LogP contribution is 2.33. The van der Waals surface area contributed by atoms with Crippen molar-refractivity contribution in [2.75, 3.05) is 0 Å². The Morgan fingerprint density at radius 2 is 2.18 bits per heavy atom. The van der Waals surface area contributed by atoms with Crippen molar-refractivity contribution in [2.24, 2.45) is 5.92 Å². The van der Waals surface area contributed by atoms with Gasteiger partial charge in [-0.1, -0.05) is 17.7 Å². The first kappa shape index (κ1) is 18.4. The Morgan fingerprint density at radius 1 is 1.59 bits per heavy atom. The van der Waals surface area contributed by atoms with Gasteiger partial charge < -0.3 is 10.4 Å². The van der Waals surface area contributed by atoms with E-state index in [0.29, 0.717) is 6.04 Å². The van der Waals surface area contributed by atoms with Crippen molar-refractivity contribution in [3.05, 3.63) is 41.7 Å². The molecule has 22 heavy (non-hydrogen) atoms. The molecule has 2 rings (SSSR count). The maximum Gasteiger partial charge on any atom is 0.490 e. The van der Waals surface area contributed by atoms with E-state index in [1.165, 1.54) is 12.8 Å². The van der Waals surface area contributed by atoms with Gasteiger partial charge in [0.25, 0.3) is 0 Å². The molecule has 1 fully saturated rings. The molecule has 0 aliphatic heterocycles. The number of nitrogens with zero attached hydrogens (tertiary/aromatic N) is 1. The van der Waals surface area contributed by atoms with Crippen LogP contribution in [0.2, 0.25) is 5.02 Å². The Morgan fingerprint density at radius 3 is 2.59 bits per heavy atom. The van der Waals surface area contributed by atoms with Gasteiger partial charge in [-0.2, -0.15) is 13.2 Å². The van der Waals surface area contributed by atoms with Crippen LogP contribution in [0.15, 0.2) is 31.1 Å². The lowest BCUT2D eigenvalue weighted by molar-refractivity contribution is -0.192. The Kier molecular flexibility index (Phi) is 6.83. The number of nitrogens with one attached hydrogen (secondary N) is 1.